The van der Waals surface area contributed by atoms with Crippen molar-refractivity contribution in [3.8, 4) is 11.1 Å². The molecule has 6 rings (SSSR count). The number of carbonyl (C=O) groups is 1. The number of nitrogens with zero attached hydrogens (tertiary/aromatic N) is 6. The van der Waals surface area contributed by atoms with Crippen LogP contribution in [0.15, 0.2) is 30.5 Å². The van der Waals surface area contributed by atoms with Gasteiger partial charge in [-0.15, -0.1) is 0 Å². The van der Waals surface area contributed by atoms with Crippen LogP contribution in [-0.2, 0) is 22.5 Å². The number of aryl methyl sites for hydroxylation is 2. The van der Waals surface area contributed by atoms with Crippen LogP contribution in [0.25, 0.3) is 11.1 Å². The number of aromatic nitrogens is 3. The van der Waals surface area contributed by atoms with Crippen molar-refractivity contribution in [3.05, 3.63) is 58.5 Å². The molecule has 270 valence electrons. The standard InChI is InChI=1S/C40H56N6O4/c1-26-33(35(44-21-15-40(6,7)16-22-44)34(27(2)42-26)36(37(48)49)50-39(3,4)5)30-8-9-31-25-46(20-13-29(31)24-30)32-10-17-41-38(43-32)45-18-11-28(12-19-45)14-23-47/h8-10,17,24,28,36,47H,11-16,18-23,25H2,1-7H3,(H,48,49)/t36-/m0/s1. The molecule has 1 aromatic carbocycles. The van der Waals surface area contributed by atoms with Gasteiger partial charge in [0.05, 0.1) is 11.3 Å². The van der Waals surface area contributed by atoms with Crippen molar-refractivity contribution < 1.29 is 19.7 Å². The summed E-state index contributed by atoms with van der Waals surface area (Å²) < 4.78 is 6.28. The Bertz CT molecular complexity index is 1680. The highest BCUT2D eigenvalue weighted by Gasteiger charge is 2.37. The fourth-order valence-electron chi connectivity index (χ4n) is 7.93. The molecule has 10 nitrogen and oxygen atoms in total. The zero-order valence-electron chi connectivity index (χ0n) is 31.1. The zero-order valence-corrected chi connectivity index (χ0v) is 31.1. The first-order chi connectivity index (χ1) is 23.7. The van der Waals surface area contributed by atoms with Gasteiger partial charge in [-0.2, -0.15) is 4.98 Å². The Kier molecular flexibility index (Phi) is 10.4. The number of benzene rings is 1. The molecule has 0 spiro atoms. The fourth-order valence-corrected chi connectivity index (χ4v) is 7.93. The topological polar surface area (TPSA) is 115 Å². The molecule has 2 aromatic heterocycles. The third-order valence-electron chi connectivity index (χ3n) is 10.9. The highest BCUT2D eigenvalue weighted by atomic mass is 16.5. The summed E-state index contributed by atoms with van der Waals surface area (Å²) in [6, 6.07) is 8.73. The maximum atomic E-state index is 12.9. The first-order valence-corrected chi connectivity index (χ1v) is 18.5. The number of anilines is 3. The van der Waals surface area contributed by atoms with Crippen LogP contribution >= 0.6 is 0 Å². The number of fused-ring (bicyclic) bond motifs is 1. The van der Waals surface area contributed by atoms with Crippen molar-refractivity contribution in [2.75, 3.05) is 54.0 Å². The molecule has 2 fully saturated rings. The Hall–Kier alpha value is -3.76. The average Bonchev–Trinajstić information content (AvgIpc) is 3.07. The summed E-state index contributed by atoms with van der Waals surface area (Å²) in [5.74, 6) is 1.31. The van der Waals surface area contributed by atoms with Gasteiger partial charge in [-0.1, -0.05) is 32.0 Å². The predicted octanol–water partition coefficient (Wildman–Crippen LogP) is 6.88. The van der Waals surface area contributed by atoms with Crippen molar-refractivity contribution in [3.63, 3.8) is 0 Å². The van der Waals surface area contributed by atoms with Crippen LogP contribution in [0.3, 0.4) is 0 Å². The molecule has 0 radical (unpaired) electrons. The number of aliphatic hydroxyl groups excluding tert-OH is 1. The number of aliphatic carboxylic acids is 1. The van der Waals surface area contributed by atoms with E-state index in [4.69, 9.17) is 14.7 Å². The molecule has 10 heteroatoms. The number of carboxylic acids is 1. The smallest absolute Gasteiger partial charge is 0.337 e. The zero-order chi connectivity index (χ0) is 35.8. The summed E-state index contributed by atoms with van der Waals surface area (Å²) >= 11 is 0. The number of carboxylic acid groups (broad SMARTS) is 1. The molecule has 0 unspecified atom stereocenters. The second kappa shape index (κ2) is 14.5. The normalized spacial score (nSPS) is 19.0. The van der Waals surface area contributed by atoms with Gasteiger partial charge in [0.1, 0.15) is 5.82 Å². The molecular weight excluding hydrogens is 628 g/mol. The molecule has 3 aromatic rings. The van der Waals surface area contributed by atoms with Crippen molar-refractivity contribution in [1.82, 2.24) is 15.0 Å². The van der Waals surface area contributed by atoms with E-state index in [2.05, 4.69) is 51.7 Å². The van der Waals surface area contributed by atoms with Crippen molar-refractivity contribution in [2.45, 2.75) is 105 Å². The van der Waals surface area contributed by atoms with E-state index >= 15 is 0 Å². The molecule has 3 aliphatic rings. The molecule has 5 heterocycles. The SMILES string of the molecule is Cc1nc(C)c([C@H](OC(C)(C)C)C(=O)O)c(N2CCC(C)(C)CC2)c1-c1ccc2c(c1)CCN(c1ccnc(N3CCC(CCO)CC3)n1)C2. The molecule has 0 amide bonds. The molecule has 0 saturated carbocycles. The second-order valence-corrected chi connectivity index (χ2v) is 16.3. The van der Waals surface area contributed by atoms with Crippen LogP contribution in [0.2, 0.25) is 0 Å². The number of piperidine rings is 2. The number of pyridine rings is 1. The van der Waals surface area contributed by atoms with Crippen molar-refractivity contribution in [1.29, 1.82) is 0 Å². The van der Waals surface area contributed by atoms with Crippen LogP contribution in [0.5, 0.6) is 0 Å². The van der Waals surface area contributed by atoms with Gasteiger partial charge in [0.25, 0.3) is 0 Å². The Morgan fingerprint density at radius 1 is 0.960 bits per heavy atom. The molecule has 50 heavy (non-hydrogen) atoms. The van der Waals surface area contributed by atoms with E-state index in [0.717, 1.165) is 112 Å². The number of hydrogen-bond acceptors (Lipinski definition) is 9. The second-order valence-electron chi connectivity index (χ2n) is 16.3. The third-order valence-corrected chi connectivity index (χ3v) is 10.9. The number of hydrogen-bond donors (Lipinski definition) is 2. The lowest BCUT2D eigenvalue weighted by molar-refractivity contribution is -0.160. The van der Waals surface area contributed by atoms with Crippen molar-refractivity contribution >= 4 is 23.4 Å². The van der Waals surface area contributed by atoms with Gasteiger partial charge in [-0.05, 0) is 107 Å². The molecule has 2 N–H and O–H groups in total. The van der Waals surface area contributed by atoms with Crippen LogP contribution in [0.4, 0.5) is 17.5 Å². The molecule has 2 saturated heterocycles. The van der Waals surface area contributed by atoms with E-state index in [1.165, 1.54) is 11.1 Å². The quantitative estimate of drug-likeness (QED) is 0.247. The van der Waals surface area contributed by atoms with Crippen molar-refractivity contribution in [2.24, 2.45) is 11.3 Å². The van der Waals surface area contributed by atoms with Gasteiger partial charge in [0.2, 0.25) is 5.95 Å². The Balaban J connectivity index is 1.32. The lowest BCUT2D eigenvalue weighted by Crippen LogP contribution is -2.39. The maximum Gasteiger partial charge on any atom is 0.337 e. The van der Waals surface area contributed by atoms with Gasteiger partial charge in [-0.3, -0.25) is 4.98 Å². The minimum absolute atomic E-state index is 0.237. The van der Waals surface area contributed by atoms with E-state index in [9.17, 15) is 15.0 Å². The van der Waals surface area contributed by atoms with Crippen LogP contribution < -0.4 is 14.7 Å². The van der Waals surface area contributed by atoms with E-state index < -0.39 is 17.7 Å². The van der Waals surface area contributed by atoms with Crippen LogP contribution in [0.1, 0.15) is 101 Å². The minimum Gasteiger partial charge on any atom is -0.479 e. The van der Waals surface area contributed by atoms with E-state index in [1.807, 2.05) is 46.9 Å². The van der Waals surface area contributed by atoms with Gasteiger partial charge in [-0.25, -0.2) is 9.78 Å². The lowest BCUT2D eigenvalue weighted by Gasteiger charge is -2.41. The van der Waals surface area contributed by atoms with E-state index in [1.54, 1.807) is 0 Å². The van der Waals surface area contributed by atoms with Crippen LogP contribution in [0, 0.1) is 25.2 Å². The molecular formula is C40H56N6O4. The highest BCUT2D eigenvalue weighted by molar-refractivity contribution is 5.88. The molecule has 1 atom stereocenters. The number of aliphatic hydroxyl groups is 1. The lowest BCUT2D eigenvalue weighted by atomic mass is 9.81. The summed E-state index contributed by atoms with van der Waals surface area (Å²) in [7, 11) is 0. The molecule has 0 aliphatic carbocycles. The first-order valence-electron chi connectivity index (χ1n) is 18.5. The summed E-state index contributed by atoms with van der Waals surface area (Å²) in [5.41, 5.74) is 7.44. The Morgan fingerprint density at radius 3 is 2.34 bits per heavy atom. The van der Waals surface area contributed by atoms with E-state index in [0.29, 0.717) is 17.2 Å². The summed E-state index contributed by atoms with van der Waals surface area (Å²) in [6.07, 6.45) is 6.65. The molecule has 3 aliphatic heterocycles. The largest absolute Gasteiger partial charge is 0.479 e. The third kappa shape index (κ3) is 7.91. The summed E-state index contributed by atoms with van der Waals surface area (Å²) in [5, 5.41) is 19.9. The first kappa shape index (κ1) is 36.0. The Morgan fingerprint density at radius 2 is 1.68 bits per heavy atom. The maximum absolute atomic E-state index is 12.9. The monoisotopic (exact) mass is 684 g/mol. The minimum atomic E-state index is -1.14. The fraction of sp³-hybridized carbons (Fsp3) is 0.600. The Labute approximate surface area is 297 Å². The summed E-state index contributed by atoms with van der Waals surface area (Å²) in [4.78, 5) is 34.5. The van der Waals surface area contributed by atoms with E-state index in [-0.39, 0.29) is 12.0 Å². The number of rotatable bonds is 9. The van der Waals surface area contributed by atoms with Gasteiger partial charge < -0.3 is 29.6 Å². The average molecular weight is 685 g/mol. The predicted molar refractivity (Wildman–Crippen MR) is 199 cm³/mol. The molecule has 0 bridgehead atoms. The number of ether oxygens (including phenoxy) is 1. The van der Waals surface area contributed by atoms with Crippen LogP contribution in [-0.4, -0.2) is 76.1 Å². The van der Waals surface area contributed by atoms with Gasteiger partial charge in [0, 0.05) is 74.6 Å². The highest BCUT2D eigenvalue weighted by Crippen LogP contribution is 2.45. The summed E-state index contributed by atoms with van der Waals surface area (Å²) in [6.45, 7) is 19.7. The van der Waals surface area contributed by atoms with Gasteiger partial charge >= 0.3 is 5.97 Å². The van der Waals surface area contributed by atoms with Gasteiger partial charge in [0.15, 0.2) is 6.10 Å².